The van der Waals surface area contributed by atoms with Gasteiger partial charge < -0.3 is 15.1 Å². The molecule has 0 unspecified atom stereocenters. The van der Waals surface area contributed by atoms with Crippen molar-refractivity contribution in [3.05, 3.63) is 24.3 Å². The van der Waals surface area contributed by atoms with Crippen molar-refractivity contribution in [2.45, 2.75) is 150 Å². The van der Waals surface area contributed by atoms with Crippen LogP contribution in [0.25, 0.3) is 0 Å². The first-order valence-corrected chi connectivity index (χ1v) is 16.8. The summed E-state index contributed by atoms with van der Waals surface area (Å²) in [7, 11) is 6.37. The lowest BCUT2D eigenvalue weighted by atomic mass is 10.0. The van der Waals surface area contributed by atoms with Gasteiger partial charge in [0.25, 0.3) is 0 Å². The molecule has 0 aliphatic heterocycles. The average molecular weight is 538 g/mol. The summed E-state index contributed by atoms with van der Waals surface area (Å²) in [6.07, 6.45) is 24.1. The van der Waals surface area contributed by atoms with Crippen LogP contribution in [0, 0.1) is 0 Å². The monoisotopic (exact) mass is 538 g/mol. The zero-order valence-electron chi connectivity index (χ0n) is 28.1. The Morgan fingerprint density at radius 3 is 1.47 bits per heavy atom. The van der Waals surface area contributed by atoms with E-state index in [0.717, 1.165) is 19.4 Å². The SMILES string of the molecule is C=C(CCCCCCCC)CCCCCCCCCN(CCCN(C)C)CCC(=C)CCNC.CC.CC. The van der Waals surface area contributed by atoms with Crippen LogP contribution >= 0.6 is 0 Å². The van der Waals surface area contributed by atoms with Crippen molar-refractivity contribution >= 4 is 0 Å². The third-order valence-corrected chi connectivity index (χ3v) is 6.98. The van der Waals surface area contributed by atoms with Gasteiger partial charge in [0.2, 0.25) is 0 Å². The van der Waals surface area contributed by atoms with Crippen molar-refractivity contribution in [1.82, 2.24) is 15.1 Å². The molecule has 0 atom stereocenters. The second-order valence-electron chi connectivity index (χ2n) is 10.8. The number of hydrogen-bond acceptors (Lipinski definition) is 3. The molecular weight excluding hydrogens is 462 g/mol. The van der Waals surface area contributed by atoms with E-state index in [1.54, 1.807) is 0 Å². The second-order valence-corrected chi connectivity index (χ2v) is 10.8. The van der Waals surface area contributed by atoms with E-state index in [4.69, 9.17) is 0 Å². The Labute approximate surface area is 243 Å². The Hall–Kier alpha value is -0.640. The van der Waals surface area contributed by atoms with E-state index in [9.17, 15) is 0 Å². The first-order chi connectivity index (χ1) is 18.5. The average Bonchev–Trinajstić information content (AvgIpc) is 2.93. The van der Waals surface area contributed by atoms with Crippen LogP contribution in [-0.2, 0) is 0 Å². The molecule has 38 heavy (non-hydrogen) atoms. The molecular formula is C35H75N3. The summed E-state index contributed by atoms with van der Waals surface area (Å²) in [5, 5.41) is 3.24. The third-order valence-electron chi connectivity index (χ3n) is 6.98. The molecule has 3 heteroatoms. The molecule has 0 amide bonds. The number of nitrogens with one attached hydrogen (secondary N) is 1. The lowest BCUT2D eigenvalue weighted by Gasteiger charge is -2.23. The molecule has 0 spiro atoms. The van der Waals surface area contributed by atoms with E-state index in [-0.39, 0.29) is 0 Å². The van der Waals surface area contributed by atoms with E-state index in [1.807, 2.05) is 34.7 Å². The summed E-state index contributed by atoms with van der Waals surface area (Å²) in [5.41, 5.74) is 2.89. The van der Waals surface area contributed by atoms with Crippen molar-refractivity contribution in [3.8, 4) is 0 Å². The first kappa shape index (κ1) is 41.8. The van der Waals surface area contributed by atoms with Gasteiger partial charge in [-0.05, 0) is 98.7 Å². The summed E-state index contributed by atoms with van der Waals surface area (Å²) in [5.74, 6) is 0. The molecule has 1 N–H and O–H groups in total. The molecule has 0 rings (SSSR count). The van der Waals surface area contributed by atoms with Gasteiger partial charge in [0.05, 0.1) is 0 Å². The van der Waals surface area contributed by atoms with Gasteiger partial charge in [0, 0.05) is 6.54 Å². The van der Waals surface area contributed by atoms with Crippen LogP contribution < -0.4 is 5.32 Å². The number of nitrogens with zero attached hydrogens (tertiary/aromatic N) is 2. The van der Waals surface area contributed by atoms with E-state index >= 15 is 0 Å². The zero-order valence-corrected chi connectivity index (χ0v) is 28.1. The Morgan fingerprint density at radius 1 is 0.526 bits per heavy atom. The van der Waals surface area contributed by atoms with Gasteiger partial charge in [-0.25, -0.2) is 0 Å². The first-order valence-electron chi connectivity index (χ1n) is 16.8. The Bertz CT molecular complexity index is 458. The molecule has 3 nitrogen and oxygen atoms in total. The van der Waals surface area contributed by atoms with Gasteiger partial charge in [-0.2, -0.15) is 0 Å². The second kappa shape index (κ2) is 36.4. The molecule has 0 radical (unpaired) electrons. The highest BCUT2D eigenvalue weighted by Crippen LogP contribution is 2.17. The maximum atomic E-state index is 4.32. The largest absolute Gasteiger partial charge is 0.319 e. The highest BCUT2D eigenvalue weighted by molar-refractivity contribution is 4.95. The summed E-state index contributed by atoms with van der Waals surface area (Å²) in [4.78, 5) is 4.98. The quantitative estimate of drug-likeness (QED) is 0.0830. The molecule has 0 saturated carbocycles. The van der Waals surface area contributed by atoms with Crippen molar-refractivity contribution < 1.29 is 0 Å². The molecule has 0 aliphatic rings. The summed E-state index contributed by atoms with van der Waals surface area (Å²) in [6, 6.07) is 0. The molecule has 0 aromatic heterocycles. The highest BCUT2D eigenvalue weighted by atomic mass is 15.1. The third kappa shape index (κ3) is 35.4. The maximum absolute atomic E-state index is 4.32. The summed E-state index contributed by atoms with van der Waals surface area (Å²) >= 11 is 0. The standard InChI is InChI=1S/C31H63N3.2C2H6/c1-7-8-9-10-14-17-21-30(2)22-18-15-12-11-13-16-19-27-34(28-20-26-33(5)6)29-24-31(3)23-25-32-4;2*1-2/h32H,2-3,7-29H2,1,4-6H3;2*1-2H3. The maximum Gasteiger partial charge on any atom is 0.00185 e. The van der Waals surface area contributed by atoms with Crippen LogP contribution in [0.4, 0.5) is 0 Å². The lowest BCUT2D eigenvalue weighted by Crippen LogP contribution is -2.29. The van der Waals surface area contributed by atoms with Crippen LogP contribution in [0.15, 0.2) is 24.3 Å². The fraction of sp³-hybridized carbons (Fsp3) is 0.886. The minimum Gasteiger partial charge on any atom is -0.319 e. The molecule has 0 heterocycles. The van der Waals surface area contributed by atoms with Gasteiger partial charge in [-0.3, -0.25) is 0 Å². The predicted molar refractivity (Wildman–Crippen MR) is 179 cm³/mol. The summed E-state index contributed by atoms with van der Waals surface area (Å²) in [6.45, 7) is 24.8. The van der Waals surface area contributed by atoms with Crippen LogP contribution in [0.5, 0.6) is 0 Å². The van der Waals surface area contributed by atoms with E-state index in [1.165, 1.54) is 140 Å². The fourth-order valence-electron chi connectivity index (χ4n) is 4.56. The van der Waals surface area contributed by atoms with E-state index in [0.29, 0.717) is 0 Å². The van der Waals surface area contributed by atoms with Crippen molar-refractivity contribution in [2.75, 3.05) is 53.9 Å². The highest BCUT2D eigenvalue weighted by Gasteiger charge is 2.06. The Kier molecular flexibility index (Phi) is 40.0. The number of allylic oxidation sites excluding steroid dienone is 1. The molecule has 0 bridgehead atoms. The number of hydrogen-bond donors (Lipinski definition) is 1. The topological polar surface area (TPSA) is 18.5 Å². The minimum absolute atomic E-state index is 1.05. The van der Waals surface area contributed by atoms with Crippen molar-refractivity contribution in [1.29, 1.82) is 0 Å². The van der Waals surface area contributed by atoms with E-state index in [2.05, 4.69) is 49.3 Å². The Balaban J connectivity index is -0.00000291. The van der Waals surface area contributed by atoms with Gasteiger partial charge in [0.15, 0.2) is 0 Å². The number of rotatable bonds is 27. The van der Waals surface area contributed by atoms with Crippen molar-refractivity contribution in [2.24, 2.45) is 0 Å². The molecule has 0 saturated heterocycles. The molecule has 0 aromatic rings. The van der Waals surface area contributed by atoms with Gasteiger partial charge >= 0.3 is 0 Å². The van der Waals surface area contributed by atoms with Crippen LogP contribution in [0.2, 0.25) is 0 Å². The van der Waals surface area contributed by atoms with Crippen LogP contribution in [-0.4, -0.2) is 63.7 Å². The van der Waals surface area contributed by atoms with Gasteiger partial charge in [0.1, 0.15) is 0 Å². The molecule has 0 aliphatic carbocycles. The van der Waals surface area contributed by atoms with Gasteiger partial charge in [-0.1, -0.05) is 123 Å². The normalized spacial score (nSPS) is 10.7. The number of unbranched alkanes of at least 4 members (excludes halogenated alkanes) is 11. The molecule has 0 aromatic carbocycles. The summed E-state index contributed by atoms with van der Waals surface area (Å²) < 4.78 is 0. The van der Waals surface area contributed by atoms with Crippen LogP contribution in [0.3, 0.4) is 0 Å². The molecule has 0 fully saturated rings. The van der Waals surface area contributed by atoms with Crippen LogP contribution in [0.1, 0.15) is 150 Å². The smallest absolute Gasteiger partial charge is 0.00185 e. The lowest BCUT2D eigenvalue weighted by molar-refractivity contribution is 0.251. The molecule has 230 valence electrons. The zero-order chi connectivity index (χ0) is 29.3. The fourth-order valence-corrected chi connectivity index (χ4v) is 4.56. The van der Waals surface area contributed by atoms with Crippen molar-refractivity contribution in [3.63, 3.8) is 0 Å². The Morgan fingerprint density at radius 2 is 0.974 bits per heavy atom. The van der Waals surface area contributed by atoms with Gasteiger partial charge in [-0.15, -0.1) is 0 Å². The minimum atomic E-state index is 1.05. The van der Waals surface area contributed by atoms with E-state index < -0.39 is 0 Å². The predicted octanol–water partition coefficient (Wildman–Crippen LogP) is 10.3.